The topological polar surface area (TPSA) is 84.9 Å². The standard InChI is InChI=1S/C19H27NO5/c1-5-24-14-9-7-13(8-10-14)11-16(21)20-19(17(22)23)12-15(25-6-2)18(19,3)4/h7-10,15H,5-6,11-12H2,1-4H3,(H,20,21)(H,22,23). The molecule has 0 heterocycles. The molecule has 0 bridgehead atoms. The highest BCUT2D eigenvalue weighted by atomic mass is 16.5. The molecule has 0 aromatic heterocycles. The van der Waals surface area contributed by atoms with Gasteiger partial charge in [-0.15, -0.1) is 0 Å². The summed E-state index contributed by atoms with van der Waals surface area (Å²) >= 11 is 0. The Morgan fingerprint density at radius 2 is 1.84 bits per heavy atom. The smallest absolute Gasteiger partial charge is 0.330 e. The zero-order valence-corrected chi connectivity index (χ0v) is 15.3. The first-order valence-electron chi connectivity index (χ1n) is 8.64. The minimum Gasteiger partial charge on any atom is -0.494 e. The minimum absolute atomic E-state index is 0.122. The third-order valence-electron chi connectivity index (χ3n) is 5.08. The summed E-state index contributed by atoms with van der Waals surface area (Å²) in [6, 6.07) is 7.23. The SMILES string of the molecule is CCOc1ccc(CC(=O)NC2(C(=O)O)CC(OCC)C2(C)C)cc1. The summed E-state index contributed by atoms with van der Waals surface area (Å²) in [5.74, 6) is -0.587. The van der Waals surface area contributed by atoms with E-state index in [0.717, 1.165) is 11.3 Å². The number of carboxylic acid groups (broad SMARTS) is 1. The predicted octanol–water partition coefficient (Wildman–Crippen LogP) is 2.40. The predicted molar refractivity (Wildman–Crippen MR) is 93.6 cm³/mol. The molecule has 1 amide bonds. The van der Waals surface area contributed by atoms with E-state index in [1.54, 1.807) is 12.1 Å². The van der Waals surface area contributed by atoms with Gasteiger partial charge in [0.05, 0.1) is 19.1 Å². The highest BCUT2D eigenvalue weighted by Gasteiger charge is 2.66. The molecule has 25 heavy (non-hydrogen) atoms. The number of rotatable bonds is 8. The third-order valence-corrected chi connectivity index (χ3v) is 5.08. The molecule has 1 aromatic carbocycles. The van der Waals surface area contributed by atoms with Crippen LogP contribution in [0.2, 0.25) is 0 Å². The second kappa shape index (κ2) is 7.44. The number of aliphatic carboxylic acids is 1. The Balaban J connectivity index is 2.05. The van der Waals surface area contributed by atoms with Crippen LogP contribution >= 0.6 is 0 Å². The first kappa shape index (κ1) is 19.2. The number of carbonyl (C=O) groups excluding carboxylic acids is 1. The van der Waals surface area contributed by atoms with Crippen molar-refractivity contribution in [3.05, 3.63) is 29.8 Å². The van der Waals surface area contributed by atoms with Gasteiger partial charge in [-0.05, 0) is 31.5 Å². The van der Waals surface area contributed by atoms with Crippen molar-refractivity contribution in [2.75, 3.05) is 13.2 Å². The number of benzene rings is 1. The summed E-state index contributed by atoms with van der Waals surface area (Å²) < 4.78 is 11.0. The third kappa shape index (κ3) is 3.63. The van der Waals surface area contributed by atoms with Crippen LogP contribution in [0.5, 0.6) is 5.75 Å². The molecule has 2 rings (SSSR count). The van der Waals surface area contributed by atoms with Crippen LogP contribution in [0.15, 0.2) is 24.3 Å². The number of carbonyl (C=O) groups is 2. The minimum atomic E-state index is -1.30. The molecule has 6 nitrogen and oxygen atoms in total. The molecule has 1 fully saturated rings. The van der Waals surface area contributed by atoms with Gasteiger partial charge in [0.15, 0.2) is 0 Å². The molecule has 6 heteroatoms. The maximum atomic E-state index is 12.4. The molecule has 138 valence electrons. The second-order valence-corrected chi connectivity index (χ2v) is 6.88. The van der Waals surface area contributed by atoms with E-state index in [1.165, 1.54) is 0 Å². The summed E-state index contributed by atoms with van der Waals surface area (Å²) in [4.78, 5) is 24.3. The molecule has 0 saturated heterocycles. The lowest BCUT2D eigenvalue weighted by Crippen LogP contribution is -2.76. The normalized spacial score (nSPS) is 24.2. The van der Waals surface area contributed by atoms with Crippen LogP contribution in [0.1, 0.15) is 39.7 Å². The lowest BCUT2D eigenvalue weighted by Gasteiger charge is -2.58. The fourth-order valence-corrected chi connectivity index (χ4v) is 3.37. The molecule has 0 spiro atoms. The summed E-state index contributed by atoms with van der Waals surface area (Å²) in [6.07, 6.45) is 0.217. The average Bonchev–Trinajstić information content (AvgIpc) is 2.55. The highest BCUT2D eigenvalue weighted by molar-refractivity contribution is 5.90. The molecule has 1 aliphatic carbocycles. The van der Waals surface area contributed by atoms with Gasteiger partial charge in [0.25, 0.3) is 0 Å². The van der Waals surface area contributed by atoms with Gasteiger partial charge in [0.2, 0.25) is 5.91 Å². The van der Waals surface area contributed by atoms with Crippen LogP contribution in [-0.2, 0) is 20.7 Å². The van der Waals surface area contributed by atoms with Gasteiger partial charge < -0.3 is 19.9 Å². The molecule has 1 aromatic rings. The van der Waals surface area contributed by atoms with E-state index in [1.807, 2.05) is 39.8 Å². The summed E-state index contributed by atoms with van der Waals surface area (Å²) in [5, 5.41) is 12.5. The fourth-order valence-electron chi connectivity index (χ4n) is 3.37. The van der Waals surface area contributed by atoms with Gasteiger partial charge >= 0.3 is 5.97 Å². The fraction of sp³-hybridized carbons (Fsp3) is 0.579. The van der Waals surface area contributed by atoms with E-state index in [2.05, 4.69) is 5.32 Å². The zero-order valence-electron chi connectivity index (χ0n) is 15.3. The van der Waals surface area contributed by atoms with E-state index in [4.69, 9.17) is 9.47 Å². The molecule has 0 aliphatic heterocycles. The monoisotopic (exact) mass is 349 g/mol. The van der Waals surface area contributed by atoms with Crippen molar-refractivity contribution < 1.29 is 24.2 Å². The Labute approximate surface area is 148 Å². The Bertz CT molecular complexity index is 625. The maximum Gasteiger partial charge on any atom is 0.330 e. The largest absolute Gasteiger partial charge is 0.494 e. The number of nitrogens with one attached hydrogen (secondary N) is 1. The number of hydrogen-bond acceptors (Lipinski definition) is 4. The molecular formula is C19H27NO5. The zero-order chi connectivity index (χ0) is 18.7. The average molecular weight is 349 g/mol. The highest BCUT2D eigenvalue weighted by Crippen LogP contribution is 2.51. The second-order valence-electron chi connectivity index (χ2n) is 6.88. The van der Waals surface area contributed by atoms with E-state index >= 15 is 0 Å². The van der Waals surface area contributed by atoms with E-state index in [9.17, 15) is 14.7 Å². The van der Waals surface area contributed by atoms with Gasteiger partial charge in [-0.2, -0.15) is 0 Å². The molecule has 1 saturated carbocycles. The molecule has 2 unspecified atom stereocenters. The first-order valence-corrected chi connectivity index (χ1v) is 8.64. The van der Waals surface area contributed by atoms with E-state index < -0.39 is 16.9 Å². The molecule has 2 atom stereocenters. The lowest BCUT2D eigenvalue weighted by atomic mass is 9.54. The quantitative estimate of drug-likeness (QED) is 0.753. The Morgan fingerprint density at radius 3 is 2.32 bits per heavy atom. The Kier molecular flexibility index (Phi) is 5.72. The molecule has 2 N–H and O–H groups in total. The van der Waals surface area contributed by atoms with Crippen molar-refractivity contribution in [3.8, 4) is 5.75 Å². The maximum absolute atomic E-state index is 12.4. The van der Waals surface area contributed by atoms with Crippen molar-refractivity contribution in [2.45, 2.75) is 52.2 Å². The van der Waals surface area contributed by atoms with Crippen molar-refractivity contribution in [2.24, 2.45) is 5.41 Å². The summed E-state index contributed by atoms with van der Waals surface area (Å²) in [5.41, 5.74) is -1.17. The number of carboxylic acids is 1. The first-order chi connectivity index (χ1) is 11.8. The van der Waals surface area contributed by atoms with Crippen LogP contribution in [-0.4, -0.2) is 41.8 Å². The number of hydrogen-bond donors (Lipinski definition) is 2. The van der Waals surface area contributed by atoms with Gasteiger partial charge in [0, 0.05) is 18.4 Å². The van der Waals surface area contributed by atoms with Crippen LogP contribution in [0, 0.1) is 5.41 Å². The molecular weight excluding hydrogens is 322 g/mol. The Hall–Kier alpha value is -2.08. The summed E-state index contributed by atoms with van der Waals surface area (Å²) in [7, 11) is 0. The van der Waals surface area contributed by atoms with Crippen LogP contribution < -0.4 is 10.1 Å². The van der Waals surface area contributed by atoms with Gasteiger partial charge in [-0.1, -0.05) is 26.0 Å². The van der Waals surface area contributed by atoms with Crippen molar-refractivity contribution in [1.82, 2.24) is 5.32 Å². The van der Waals surface area contributed by atoms with Crippen molar-refractivity contribution in [3.63, 3.8) is 0 Å². The number of ether oxygens (including phenoxy) is 2. The Morgan fingerprint density at radius 1 is 1.20 bits per heavy atom. The van der Waals surface area contributed by atoms with E-state index in [-0.39, 0.29) is 24.9 Å². The number of amides is 1. The van der Waals surface area contributed by atoms with Crippen LogP contribution in [0.3, 0.4) is 0 Å². The van der Waals surface area contributed by atoms with Crippen molar-refractivity contribution >= 4 is 11.9 Å². The van der Waals surface area contributed by atoms with Crippen molar-refractivity contribution in [1.29, 1.82) is 0 Å². The van der Waals surface area contributed by atoms with E-state index in [0.29, 0.717) is 13.2 Å². The van der Waals surface area contributed by atoms with Gasteiger partial charge in [-0.3, -0.25) is 4.79 Å². The van der Waals surface area contributed by atoms with Crippen LogP contribution in [0.4, 0.5) is 0 Å². The lowest BCUT2D eigenvalue weighted by molar-refractivity contribution is -0.194. The van der Waals surface area contributed by atoms with Crippen LogP contribution in [0.25, 0.3) is 0 Å². The molecule has 0 radical (unpaired) electrons. The molecule has 1 aliphatic rings. The summed E-state index contributed by atoms with van der Waals surface area (Å²) in [6.45, 7) is 8.52. The van der Waals surface area contributed by atoms with Gasteiger partial charge in [0.1, 0.15) is 11.3 Å². The van der Waals surface area contributed by atoms with Gasteiger partial charge in [-0.25, -0.2) is 4.79 Å².